The van der Waals surface area contributed by atoms with Crippen molar-refractivity contribution in [1.82, 2.24) is 4.90 Å². The van der Waals surface area contributed by atoms with Gasteiger partial charge in [-0.1, -0.05) is 59.4 Å². The minimum absolute atomic E-state index is 0.642. The van der Waals surface area contributed by atoms with Crippen molar-refractivity contribution in [1.29, 1.82) is 0 Å². The van der Waals surface area contributed by atoms with E-state index < -0.39 is 0 Å². The highest BCUT2D eigenvalue weighted by Gasteiger charge is 2.29. The molecule has 0 fully saturated rings. The molecule has 1 atom stereocenters. The van der Waals surface area contributed by atoms with Gasteiger partial charge < -0.3 is 10.2 Å². The van der Waals surface area contributed by atoms with E-state index in [4.69, 9.17) is 0 Å². The van der Waals surface area contributed by atoms with Crippen molar-refractivity contribution in [2.75, 3.05) is 11.9 Å². The van der Waals surface area contributed by atoms with Crippen LogP contribution in [0.4, 0.5) is 5.00 Å². The molecule has 2 rings (SSSR count). The first-order chi connectivity index (χ1) is 10.6. The summed E-state index contributed by atoms with van der Waals surface area (Å²) in [7, 11) is 0. The van der Waals surface area contributed by atoms with E-state index in [9.17, 15) is 0 Å². The summed E-state index contributed by atoms with van der Waals surface area (Å²) in [6, 6.07) is 0. The van der Waals surface area contributed by atoms with Gasteiger partial charge in [0.1, 0.15) is 10.8 Å². The average Bonchev–Trinajstić information content (AvgIpc) is 2.87. The summed E-state index contributed by atoms with van der Waals surface area (Å²) in [5, 5.41) is 4.74. The molecular formula is C19H28N2S. The maximum Gasteiger partial charge on any atom is 0.104 e. The normalized spacial score (nSPS) is 17.4. The zero-order valence-corrected chi connectivity index (χ0v) is 15.1. The molecule has 1 aromatic heterocycles. The summed E-state index contributed by atoms with van der Waals surface area (Å²) in [4.78, 5) is 3.64. The van der Waals surface area contributed by atoms with E-state index in [1.807, 2.05) is 6.08 Å². The number of nitrogens with zero attached hydrogens (tertiary/aromatic N) is 1. The Kier molecular flexibility index (Phi) is 5.52. The number of rotatable bonds is 6. The van der Waals surface area contributed by atoms with Crippen molar-refractivity contribution in [3.05, 3.63) is 41.1 Å². The van der Waals surface area contributed by atoms with Crippen LogP contribution in [0.25, 0.3) is 11.8 Å². The lowest BCUT2D eigenvalue weighted by Gasteiger charge is -2.36. The minimum Gasteiger partial charge on any atom is -0.333 e. The van der Waals surface area contributed by atoms with Crippen LogP contribution in [0.1, 0.15) is 56.5 Å². The zero-order valence-electron chi connectivity index (χ0n) is 14.3. The summed E-state index contributed by atoms with van der Waals surface area (Å²) < 4.78 is 0. The Hall–Kier alpha value is -1.48. The van der Waals surface area contributed by atoms with Crippen molar-refractivity contribution >= 4 is 28.1 Å². The third kappa shape index (κ3) is 3.00. The van der Waals surface area contributed by atoms with Crippen molar-refractivity contribution in [3.8, 4) is 0 Å². The second-order valence-electron chi connectivity index (χ2n) is 5.90. The second kappa shape index (κ2) is 7.19. The molecule has 2 nitrogen and oxygen atoms in total. The molecule has 120 valence electrons. The van der Waals surface area contributed by atoms with E-state index in [0.717, 1.165) is 25.2 Å². The molecule has 1 aromatic rings. The van der Waals surface area contributed by atoms with Crippen LogP contribution in [0.3, 0.4) is 0 Å². The van der Waals surface area contributed by atoms with Gasteiger partial charge in [-0.15, -0.1) is 11.3 Å². The largest absolute Gasteiger partial charge is 0.333 e. The van der Waals surface area contributed by atoms with Gasteiger partial charge in [-0.05, 0) is 24.3 Å². The van der Waals surface area contributed by atoms with Crippen LogP contribution in [0.15, 0.2) is 25.1 Å². The third-order valence-electron chi connectivity index (χ3n) is 4.30. The van der Waals surface area contributed by atoms with Crippen LogP contribution in [0.5, 0.6) is 0 Å². The molecule has 3 heteroatoms. The van der Waals surface area contributed by atoms with Gasteiger partial charge in [0.15, 0.2) is 0 Å². The second-order valence-corrected chi connectivity index (χ2v) is 6.95. The number of nitrogens with one attached hydrogen (secondary N) is 1. The molecule has 0 aromatic carbocycles. The molecule has 22 heavy (non-hydrogen) atoms. The predicted octanol–water partition coefficient (Wildman–Crippen LogP) is 5.95. The Morgan fingerprint density at radius 1 is 1.32 bits per heavy atom. The van der Waals surface area contributed by atoms with E-state index >= 15 is 0 Å². The fraction of sp³-hybridized carbons (Fsp3) is 0.474. The molecule has 1 aliphatic heterocycles. The zero-order chi connectivity index (χ0) is 16.3. The lowest BCUT2D eigenvalue weighted by atomic mass is 9.99. The lowest BCUT2D eigenvalue weighted by Crippen LogP contribution is -2.33. The average molecular weight is 317 g/mol. The van der Waals surface area contributed by atoms with Crippen LogP contribution in [0.2, 0.25) is 0 Å². The summed E-state index contributed by atoms with van der Waals surface area (Å²) in [5.74, 6) is 1.63. The number of allylic oxidation sites excluding steroid dienone is 1. The highest BCUT2D eigenvalue weighted by molar-refractivity contribution is 7.17. The van der Waals surface area contributed by atoms with E-state index in [2.05, 4.69) is 57.1 Å². The Bertz CT molecular complexity index is 595. The molecule has 0 saturated carbocycles. The van der Waals surface area contributed by atoms with E-state index in [-0.39, 0.29) is 0 Å². The van der Waals surface area contributed by atoms with Crippen molar-refractivity contribution < 1.29 is 0 Å². The fourth-order valence-corrected chi connectivity index (χ4v) is 4.06. The Balaban J connectivity index is 2.54. The number of hydrogen-bond donors (Lipinski definition) is 1. The number of anilines is 1. The van der Waals surface area contributed by atoms with Gasteiger partial charge in [-0.2, -0.15) is 0 Å². The summed E-state index contributed by atoms with van der Waals surface area (Å²) in [5.41, 5.74) is 4.09. The molecular weight excluding hydrogens is 288 g/mol. The van der Waals surface area contributed by atoms with Gasteiger partial charge >= 0.3 is 0 Å². The van der Waals surface area contributed by atoms with Crippen LogP contribution < -0.4 is 5.32 Å². The quantitative estimate of drug-likeness (QED) is 0.697. The van der Waals surface area contributed by atoms with Gasteiger partial charge in [0.2, 0.25) is 0 Å². The van der Waals surface area contributed by atoms with E-state index in [1.54, 1.807) is 11.3 Å². The van der Waals surface area contributed by atoms with Gasteiger partial charge in [-0.25, -0.2) is 0 Å². The molecule has 0 aliphatic carbocycles. The van der Waals surface area contributed by atoms with Gasteiger partial charge in [-0.3, -0.25) is 0 Å². The number of thiophene rings is 1. The molecule has 0 radical (unpaired) electrons. The Morgan fingerprint density at radius 2 is 2.05 bits per heavy atom. The first-order valence-electron chi connectivity index (χ1n) is 8.29. The SMILES string of the molecule is C=Cc1sc2c(c1CC)/C(=C/CC)N(CC(C)CC)C(=C)N2. The Labute approximate surface area is 139 Å². The lowest BCUT2D eigenvalue weighted by molar-refractivity contribution is 0.387. The fourth-order valence-electron chi connectivity index (χ4n) is 2.89. The monoisotopic (exact) mass is 316 g/mol. The van der Waals surface area contributed by atoms with Crippen LogP contribution in [-0.2, 0) is 6.42 Å². The van der Waals surface area contributed by atoms with Gasteiger partial charge in [0.25, 0.3) is 0 Å². The predicted molar refractivity (Wildman–Crippen MR) is 101 cm³/mol. The molecule has 0 spiro atoms. The highest BCUT2D eigenvalue weighted by Crippen LogP contribution is 2.45. The number of fused-ring (bicyclic) bond motifs is 1. The molecule has 0 bridgehead atoms. The van der Waals surface area contributed by atoms with Crippen LogP contribution in [-0.4, -0.2) is 11.4 Å². The van der Waals surface area contributed by atoms with E-state index in [0.29, 0.717) is 5.92 Å². The van der Waals surface area contributed by atoms with Crippen molar-refractivity contribution in [2.24, 2.45) is 5.92 Å². The van der Waals surface area contributed by atoms with Crippen LogP contribution >= 0.6 is 11.3 Å². The maximum atomic E-state index is 4.26. The first kappa shape index (κ1) is 16.9. The van der Waals surface area contributed by atoms with Crippen LogP contribution in [0, 0.1) is 5.92 Å². The topological polar surface area (TPSA) is 15.3 Å². The minimum atomic E-state index is 0.642. The first-order valence-corrected chi connectivity index (χ1v) is 9.10. The molecule has 2 heterocycles. The maximum absolute atomic E-state index is 4.26. The van der Waals surface area contributed by atoms with Crippen molar-refractivity contribution in [3.63, 3.8) is 0 Å². The smallest absolute Gasteiger partial charge is 0.104 e. The van der Waals surface area contributed by atoms with Crippen molar-refractivity contribution in [2.45, 2.75) is 47.0 Å². The highest BCUT2D eigenvalue weighted by atomic mass is 32.1. The Morgan fingerprint density at radius 3 is 2.59 bits per heavy atom. The molecule has 0 amide bonds. The summed E-state index contributed by atoms with van der Waals surface area (Å²) >= 11 is 1.79. The third-order valence-corrected chi connectivity index (χ3v) is 5.44. The molecule has 0 saturated heterocycles. The number of hydrogen-bond acceptors (Lipinski definition) is 3. The summed E-state index contributed by atoms with van der Waals surface area (Å²) in [6.07, 6.45) is 7.56. The molecule has 1 N–H and O–H groups in total. The van der Waals surface area contributed by atoms with Gasteiger partial charge in [0.05, 0.1) is 0 Å². The summed E-state index contributed by atoms with van der Waals surface area (Å²) in [6.45, 7) is 18.2. The van der Waals surface area contributed by atoms with E-state index in [1.165, 1.54) is 33.1 Å². The molecule has 1 unspecified atom stereocenters. The standard InChI is InChI=1S/C19H28N2S/c1-7-11-16-18-15(9-3)17(10-4)22-19(18)20-14(6)21(16)12-13(5)8-2/h10-11,13,20H,4,6-9,12H2,1-3,5H3/b16-11-. The molecule has 1 aliphatic rings. The van der Waals surface area contributed by atoms with Gasteiger partial charge in [0, 0.05) is 22.7 Å².